The molecular weight excluding hydrogens is 286 g/mol. The molecule has 2 aromatic heterocycles. The van der Waals surface area contributed by atoms with Gasteiger partial charge >= 0.3 is 0 Å². The highest BCUT2D eigenvalue weighted by atomic mass is 32.1. The van der Waals surface area contributed by atoms with E-state index >= 15 is 0 Å². The maximum Gasteiger partial charge on any atom is 0.185 e. The molecule has 1 unspecified atom stereocenters. The third-order valence-electron chi connectivity index (χ3n) is 3.27. The first-order chi connectivity index (χ1) is 9.56. The molecule has 0 radical (unpaired) electrons. The molecule has 0 aliphatic carbocycles. The highest BCUT2D eigenvalue weighted by molar-refractivity contribution is 7.15. The summed E-state index contributed by atoms with van der Waals surface area (Å²) in [5.41, 5.74) is 0. The third kappa shape index (κ3) is 4.30. The Hall–Kier alpha value is -0.910. The lowest BCUT2D eigenvalue weighted by Gasteiger charge is -2.23. The second-order valence-electron chi connectivity index (χ2n) is 5.39. The molecule has 20 heavy (non-hydrogen) atoms. The van der Waals surface area contributed by atoms with E-state index in [0.29, 0.717) is 12.1 Å². The average Bonchev–Trinajstić information content (AvgIpc) is 3.06. The van der Waals surface area contributed by atoms with E-state index in [0.717, 1.165) is 18.1 Å². The Morgan fingerprint density at radius 3 is 2.75 bits per heavy atom. The summed E-state index contributed by atoms with van der Waals surface area (Å²) in [6.07, 6.45) is 3.07. The van der Waals surface area contributed by atoms with Crippen LogP contribution in [0.5, 0.6) is 0 Å². The number of hydrogen-bond acceptors (Lipinski definition) is 5. The summed E-state index contributed by atoms with van der Waals surface area (Å²) in [5, 5.41) is 6.68. The molecule has 0 aliphatic heterocycles. The maximum absolute atomic E-state index is 4.55. The van der Waals surface area contributed by atoms with Crippen LogP contribution in [-0.4, -0.2) is 24.1 Å². The molecule has 0 fully saturated rings. The van der Waals surface area contributed by atoms with Gasteiger partial charge < -0.3 is 10.2 Å². The molecule has 0 bridgehead atoms. The van der Waals surface area contributed by atoms with E-state index in [1.165, 1.54) is 9.75 Å². The van der Waals surface area contributed by atoms with Crippen molar-refractivity contribution in [2.24, 2.45) is 0 Å². The number of thiazole rings is 1. The Labute approximate surface area is 129 Å². The van der Waals surface area contributed by atoms with Crippen LogP contribution in [0, 0.1) is 0 Å². The zero-order chi connectivity index (χ0) is 14.5. The highest BCUT2D eigenvalue weighted by Gasteiger charge is 2.14. The minimum Gasteiger partial charge on any atom is -0.348 e. The second-order valence-corrected chi connectivity index (χ2v) is 7.51. The molecule has 2 heterocycles. The monoisotopic (exact) mass is 309 g/mol. The number of anilines is 1. The summed E-state index contributed by atoms with van der Waals surface area (Å²) in [6.45, 7) is 7.49. The highest BCUT2D eigenvalue weighted by Crippen LogP contribution is 2.24. The van der Waals surface area contributed by atoms with Gasteiger partial charge in [-0.1, -0.05) is 19.9 Å². The van der Waals surface area contributed by atoms with E-state index in [1.54, 1.807) is 11.3 Å². The SMILES string of the molecule is CC(C)NCc1cnc(N(C)C(C)Cc2cccs2)s1. The third-order valence-corrected chi connectivity index (χ3v) is 5.25. The van der Waals surface area contributed by atoms with Crippen LogP contribution < -0.4 is 10.2 Å². The summed E-state index contributed by atoms with van der Waals surface area (Å²) >= 11 is 3.61. The molecule has 0 amide bonds. The van der Waals surface area contributed by atoms with Crippen molar-refractivity contribution in [3.05, 3.63) is 33.5 Å². The van der Waals surface area contributed by atoms with Crippen LogP contribution in [0.15, 0.2) is 23.7 Å². The molecule has 0 saturated heterocycles. The normalized spacial score (nSPS) is 12.8. The van der Waals surface area contributed by atoms with Gasteiger partial charge in [0.1, 0.15) is 0 Å². The van der Waals surface area contributed by atoms with Crippen LogP contribution >= 0.6 is 22.7 Å². The van der Waals surface area contributed by atoms with Crippen LogP contribution in [-0.2, 0) is 13.0 Å². The lowest BCUT2D eigenvalue weighted by Crippen LogP contribution is -2.30. The van der Waals surface area contributed by atoms with Gasteiger partial charge in [-0.25, -0.2) is 4.98 Å². The fraction of sp³-hybridized carbons (Fsp3) is 0.533. The van der Waals surface area contributed by atoms with Crippen molar-refractivity contribution in [1.29, 1.82) is 0 Å². The molecule has 0 saturated carbocycles. The Kier molecular flexibility index (Phi) is 5.57. The van der Waals surface area contributed by atoms with Gasteiger partial charge in [0.2, 0.25) is 0 Å². The number of thiophene rings is 1. The lowest BCUT2D eigenvalue weighted by molar-refractivity contribution is 0.593. The smallest absolute Gasteiger partial charge is 0.185 e. The largest absolute Gasteiger partial charge is 0.348 e. The zero-order valence-corrected chi connectivity index (χ0v) is 14.2. The van der Waals surface area contributed by atoms with Gasteiger partial charge in [0.15, 0.2) is 5.13 Å². The fourth-order valence-corrected chi connectivity index (χ4v) is 3.64. The predicted octanol–water partition coefficient (Wildman–Crippen LogP) is 3.77. The van der Waals surface area contributed by atoms with Gasteiger partial charge in [-0.2, -0.15) is 0 Å². The van der Waals surface area contributed by atoms with Crippen molar-refractivity contribution in [2.45, 2.75) is 45.8 Å². The lowest BCUT2D eigenvalue weighted by atomic mass is 10.2. The van der Waals surface area contributed by atoms with Gasteiger partial charge in [-0.15, -0.1) is 22.7 Å². The Morgan fingerprint density at radius 1 is 1.30 bits per heavy atom. The number of hydrogen-bond donors (Lipinski definition) is 1. The van der Waals surface area contributed by atoms with Crippen molar-refractivity contribution in [3.8, 4) is 0 Å². The molecule has 1 N–H and O–H groups in total. The Morgan fingerprint density at radius 2 is 2.10 bits per heavy atom. The molecule has 0 spiro atoms. The van der Waals surface area contributed by atoms with Crippen molar-refractivity contribution in [2.75, 3.05) is 11.9 Å². The summed E-state index contributed by atoms with van der Waals surface area (Å²) < 4.78 is 0. The van der Waals surface area contributed by atoms with Crippen molar-refractivity contribution in [3.63, 3.8) is 0 Å². The quantitative estimate of drug-likeness (QED) is 0.844. The van der Waals surface area contributed by atoms with Gasteiger partial charge in [-0.3, -0.25) is 0 Å². The van der Waals surface area contributed by atoms with Crippen LogP contribution in [0.25, 0.3) is 0 Å². The van der Waals surface area contributed by atoms with Crippen LogP contribution in [0.2, 0.25) is 0 Å². The van der Waals surface area contributed by atoms with Crippen LogP contribution in [0.3, 0.4) is 0 Å². The minimum atomic E-state index is 0.464. The molecule has 110 valence electrons. The van der Waals surface area contributed by atoms with Crippen molar-refractivity contribution in [1.82, 2.24) is 10.3 Å². The number of aromatic nitrogens is 1. The number of nitrogens with zero attached hydrogens (tertiary/aromatic N) is 2. The second kappa shape index (κ2) is 7.20. The van der Waals surface area contributed by atoms with Gasteiger partial charge in [0, 0.05) is 48.0 Å². The number of rotatable bonds is 7. The van der Waals surface area contributed by atoms with Crippen LogP contribution in [0.4, 0.5) is 5.13 Å². The van der Waals surface area contributed by atoms with Crippen molar-refractivity contribution >= 4 is 27.8 Å². The molecule has 0 aliphatic rings. The summed E-state index contributed by atoms with van der Waals surface area (Å²) in [7, 11) is 2.14. The maximum atomic E-state index is 4.55. The molecule has 0 aromatic carbocycles. The number of likely N-dealkylation sites (N-methyl/N-ethyl adjacent to an activating group) is 1. The zero-order valence-electron chi connectivity index (χ0n) is 12.6. The van der Waals surface area contributed by atoms with E-state index in [4.69, 9.17) is 0 Å². The predicted molar refractivity (Wildman–Crippen MR) is 90.0 cm³/mol. The van der Waals surface area contributed by atoms with Gasteiger partial charge in [0.05, 0.1) is 0 Å². The standard InChI is InChI=1S/C15H23N3S2/c1-11(2)16-9-14-10-17-15(20-14)18(4)12(3)8-13-6-5-7-19-13/h5-7,10-12,16H,8-9H2,1-4H3. The minimum absolute atomic E-state index is 0.464. The van der Waals surface area contributed by atoms with E-state index in [9.17, 15) is 0 Å². The van der Waals surface area contributed by atoms with E-state index in [1.807, 2.05) is 17.5 Å². The summed E-state index contributed by atoms with van der Waals surface area (Å²) in [5.74, 6) is 0. The first-order valence-electron chi connectivity index (χ1n) is 6.99. The topological polar surface area (TPSA) is 28.2 Å². The molecule has 2 aromatic rings. The van der Waals surface area contributed by atoms with E-state index < -0.39 is 0 Å². The molecular formula is C15H23N3S2. The number of nitrogens with one attached hydrogen (secondary N) is 1. The molecule has 1 atom stereocenters. The summed E-state index contributed by atoms with van der Waals surface area (Å²) in [4.78, 5) is 9.56. The average molecular weight is 310 g/mol. The first kappa shape index (κ1) is 15.5. The molecule has 2 rings (SSSR count). The van der Waals surface area contributed by atoms with Crippen LogP contribution in [0.1, 0.15) is 30.5 Å². The molecule has 5 heteroatoms. The van der Waals surface area contributed by atoms with Gasteiger partial charge in [-0.05, 0) is 18.4 Å². The van der Waals surface area contributed by atoms with E-state index in [-0.39, 0.29) is 0 Å². The fourth-order valence-electron chi connectivity index (χ4n) is 1.89. The Bertz CT molecular complexity index is 505. The van der Waals surface area contributed by atoms with Gasteiger partial charge in [0.25, 0.3) is 0 Å². The molecule has 3 nitrogen and oxygen atoms in total. The van der Waals surface area contributed by atoms with E-state index in [2.05, 4.69) is 60.5 Å². The van der Waals surface area contributed by atoms with Crippen molar-refractivity contribution < 1.29 is 0 Å². The summed E-state index contributed by atoms with van der Waals surface area (Å²) in [6, 6.07) is 5.29. The Balaban J connectivity index is 1.92. The first-order valence-corrected chi connectivity index (χ1v) is 8.69.